The van der Waals surface area contributed by atoms with Gasteiger partial charge in [0.05, 0.1) is 0 Å². The zero-order valence-corrected chi connectivity index (χ0v) is 11.7. The fourth-order valence-electron chi connectivity index (χ4n) is 3.13. The average Bonchev–Trinajstić information content (AvgIpc) is 2.89. The summed E-state index contributed by atoms with van der Waals surface area (Å²) in [6.07, 6.45) is 3.77. The lowest BCUT2D eigenvalue weighted by Gasteiger charge is -2.32. The van der Waals surface area contributed by atoms with Gasteiger partial charge in [-0.15, -0.1) is 0 Å². The maximum absolute atomic E-state index is 6.47. The van der Waals surface area contributed by atoms with Crippen LogP contribution in [0, 0.1) is 5.92 Å². The molecule has 1 heterocycles. The highest BCUT2D eigenvalue weighted by atomic mass is 15.2. The Bertz CT molecular complexity index is 349. The van der Waals surface area contributed by atoms with Crippen molar-refractivity contribution in [3.05, 3.63) is 35.9 Å². The van der Waals surface area contributed by atoms with Gasteiger partial charge in [-0.05, 0) is 30.9 Å². The third-order valence-electron chi connectivity index (χ3n) is 4.38. The van der Waals surface area contributed by atoms with E-state index in [0.717, 1.165) is 12.3 Å². The molecule has 18 heavy (non-hydrogen) atoms. The van der Waals surface area contributed by atoms with E-state index >= 15 is 0 Å². The molecule has 100 valence electrons. The highest BCUT2D eigenvalue weighted by Crippen LogP contribution is 2.28. The molecule has 0 amide bonds. The number of likely N-dealkylation sites (tertiary alicyclic amines) is 1. The van der Waals surface area contributed by atoms with Gasteiger partial charge in [0.2, 0.25) is 0 Å². The van der Waals surface area contributed by atoms with E-state index in [1.807, 2.05) is 0 Å². The van der Waals surface area contributed by atoms with Crippen LogP contribution in [-0.2, 0) is 0 Å². The van der Waals surface area contributed by atoms with E-state index in [9.17, 15) is 0 Å². The quantitative estimate of drug-likeness (QED) is 0.864. The van der Waals surface area contributed by atoms with E-state index in [1.165, 1.54) is 31.5 Å². The molecule has 1 fully saturated rings. The second-order valence-corrected chi connectivity index (χ2v) is 5.47. The Morgan fingerprint density at radius 2 is 2.00 bits per heavy atom. The molecule has 1 aliphatic rings. The van der Waals surface area contributed by atoms with Crippen LogP contribution in [0.25, 0.3) is 0 Å². The van der Waals surface area contributed by atoms with Gasteiger partial charge < -0.3 is 5.73 Å². The van der Waals surface area contributed by atoms with Crippen molar-refractivity contribution in [2.75, 3.05) is 13.1 Å². The van der Waals surface area contributed by atoms with Gasteiger partial charge in [-0.2, -0.15) is 0 Å². The fourth-order valence-corrected chi connectivity index (χ4v) is 3.13. The van der Waals surface area contributed by atoms with E-state index in [4.69, 9.17) is 5.73 Å². The van der Waals surface area contributed by atoms with E-state index < -0.39 is 0 Å². The molecule has 0 spiro atoms. The van der Waals surface area contributed by atoms with Gasteiger partial charge in [-0.25, -0.2) is 0 Å². The number of nitrogens with zero attached hydrogens (tertiary/aromatic N) is 1. The highest BCUT2D eigenvalue weighted by Gasteiger charge is 2.30. The minimum absolute atomic E-state index is 0.145. The van der Waals surface area contributed by atoms with E-state index in [-0.39, 0.29) is 6.04 Å². The van der Waals surface area contributed by atoms with Crippen LogP contribution in [0.4, 0.5) is 0 Å². The first-order valence-corrected chi connectivity index (χ1v) is 7.30. The first kappa shape index (κ1) is 13.6. The number of hydrogen-bond donors (Lipinski definition) is 1. The third kappa shape index (κ3) is 2.93. The predicted molar refractivity (Wildman–Crippen MR) is 77.4 cm³/mol. The molecule has 0 radical (unpaired) electrons. The van der Waals surface area contributed by atoms with E-state index in [1.54, 1.807) is 0 Å². The van der Waals surface area contributed by atoms with Crippen molar-refractivity contribution < 1.29 is 0 Å². The Labute approximate surface area is 111 Å². The topological polar surface area (TPSA) is 29.3 Å². The average molecular weight is 246 g/mol. The number of benzene rings is 1. The minimum Gasteiger partial charge on any atom is -0.323 e. The fraction of sp³-hybridized carbons (Fsp3) is 0.625. The standard InChI is InChI=1S/C16H26N2/c1-3-13-10-11-18(12-13)15(4-2)16(17)14-8-6-5-7-9-14/h5-9,13,15-16H,3-4,10-12,17H2,1-2H3. The summed E-state index contributed by atoms with van der Waals surface area (Å²) in [4.78, 5) is 2.60. The molecule has 1 aromatic carbocycles. The first-order chi connectivity index (χ1) is 8.76. The maximum Gasteiger partial charge on any atom is 0.0453 e. The number of rotatable bonds is 5. The lowest BCUT2D eigenvalue weighted by molar-refractivity contribution is 0.197. The number of hydrogen-bond acceptors (Lipinski definition) is 2. The SMILES string of the molecule is CCC1CCN(C(CC)C(N)c2ccccc2)C1. The summed E-state index contributed by atoms with van der Waals surface area (Å²) in [6.45, 7) is 7.01. The summed E-state index contributed by atoms with van der Waals surface area (Å²) in [5.41, 5.74) is 7.74. The van der Waals surface area contributed by atoms with Gasteiger partial charge in [-0.1, -0.05) is 50.6 Å². The second-order valence-electron chi connectivity index (χ2n) is 5.47. The molecular weight excluding hydrogens is 220 g/mol. The monoisotopic (exact) mass is 246 g/mol. The molecule has 0 aliphatic carbocycles. The van der Waals surface area contributed by atoms with Gasteiger partial charge in [0.1, 0.15) is 0 Å². The summed E-state index contributed by atoms with van der Waals surface area (Å²) in [5, 5.41) is 0. The van der Waals surface area contributed by atoms with Crippen molar-refractivity contribution in [2.24, 2.45) is 11.7 Å². The number of nitrogens with two attached hydrogens (primary N) is 1. The van der Waals surface area contributed by atoms with Crippen LogP contribution in [0.15, 0.2) is 30.3 Å². The molecule has 1 aliphatic heterocycles. The van der Waals surface area contributed by atoms with E-state index in [2.05, 4.69) is 49.1 Å². The highest BCUT2D eigenvalue weighted by molar-refractivity contribution is 5.20. The second kappa shape index (κ2) is 6.35. The largest absolute Gasteiger partial charge is 0.323 e. The van der Waals surface area contributed by atoms with E-state index in [0.29, 0.717) is 6.04 Å². The maximum atomic E-state index is 6.47. The van der Waals surface area contributed by atoms with Crippen LogP contribution >= 0.6 is 0 Å². The molecule has 0 bridgehead atoms. The molecule has 2 rings (SSSR count). The van der Waals surface area contributed by atoms with Crippen LogP contribution < -0.4 is 5.73 Å². The van der Waals surface area contributed by atoms with Crippen molar-refractivity contribution in [1.82, 2.24) is 4.90 Å². The van der Waals surface area contributed by atoms with Crippen molar-refractivity contribution in [3.8, 4) is 0 Å². The molecule has 0 saturated carbocycles. The molecule has 0 aromatic heterocycles. The Morgan fingerprint density at radius 3 is 2.56 bits per heavy atom. The third-order valence-corrected chi connectivity index (χ3v) is 4.38. The van der Waals surface area contributed by atoms with Crippen molar-refractivity contribution in [3.63, 3.8) is 0 Å². The first-order valence-electron chi connectivity index (χ1n) is 7.30. The molecule has 1 saturated heterocycles. The minimum atomic E-state index is 0.145. The van der Waals surface area contributed by atoms with Gasteiger partial charge in [0, 0.05) is 18.6 Å². The summed E-state index contributed by atoms with van der Waals surface area (Å²) in [5.74, 6) is 0.877. The summed E-state index contributed by atoms with van der Waals surface area (Å²) in [7, 11) is 0. The lowest BCUT2D eigenvalue weighted by Crippen LogP contribution is -2.41. The summed E-state index contributed by atoms with van der Waals surface area (Å²) >= 11 is 0. The molecule has 2 nitrogen and oxygen atoms in total. The van der Waals surface area contributed by atoms with Crippen LogP contribution in [0.1, 0.15) is 44.7 Å². The van der Waals surface area contributed by atoms with Crippen molar-refractivity contribution in [1.29, 1.82) is 0 Å². The zero-order chi connectivity index (χ0) is 13.0. The molecule has 2 N–H and O–H groups in total. The summed E-state index contributed by atoms with van der Waals surface area (Å²) in [6, 6.07) is 11.2. The van der Waals surface area contributed by atoms with Gasteiger partial charge in [0.25, 0.3) is 0 Å². The summed E-state index contributed by atoms with van der Waals surface area (Å²) < 4.78 is 0. The molecule has 1 aromatic rings. The Hall–Kier alpha value is -0.860. The van der Waals surface area contributed by atoms with Crippen LogP contribution in [0.2, 0.25) is 0 Å². The van der Waals surface area contributed by atoms with Crippen LogP contribution in [0.5, 0.6) is 0 Å². The van der Waals surface area contributed by atoms with Gasteiger partial charge >= 0.3 is 0 Å². The Kier molecular flexibility index (Phi) is 4.79. The van der Waals surface area contributed by atoms with Crippen molar-refractivity contribution in [2.45, 2.75) is 45.2 Å². The van der Waals surface area contributed by atoms with Crippen LogP contribution in [-0.4, -0.2) is 24.0 Å². The Morgan fingerprint density at radius 1 is 1.28 bits per heavy atom. The van der Waals surface area contributed by atoms with Gasteiger partial charge in [-0.3, -0.25) is 4.90 Å². The van der Waals surface area contributed by atoms with Crippen molar-refractivity contribution >= 4 is 0 Å². The zero-order valence-electron chi connectivity index (χ0n) is 11.7. The molecular formula is C16H26N2. The molecule has 3 unspecified atom stereocenters. The Balaban J connectivity index is 2.05. The normalized spacial score (nSPS) is 24.1. The smallest absolute Gasteiger partial charge is 0.0453 e. The molecule has 3 atom stereocenters. The van der Waals surface area contributed by atoms with Crippen LogP contribution in [0.3, 0.4) is 0 Å². The van der Waals surface area contributed by atoms with Gasteiger partial charge in [0.15, 0.2) is 0 Å². The molecule has 2 heteroatoms. The predicted octanol–water partition coefficient (Wildman–Crippen LogP) is 3.20. The lowest BCUT2D eigenvalue weighted by atomic mass is 9.97.